The monoisotopic (exact) mass is 465 g/mol. The third-order valence-corrected chi connectivity index (χ3v) is 5.59. The number of carbonyl (C=O) groups is 1. The summed E-state index contributed by atoms with van der Waals surface area (Å²) in [4.78, 5) is 16.8. The summed E-state index contributed by atoms with van der Waals surface area (Å²) < 4.78 is 5.75. The molecule has 0 bridgehead atoms. The van der Waals surface area contributed by atoms with Gasteiger partial charge in [0.2, 0.25) is 5.91 Å². The lowest BCUT2D eigenvalue weighted by atomic mass is 10.1. The Kier molecular flexibility index (Phi) is 9.11. The molecule has 8 heteroatoms. The molecule has 1 aromatic heterocycles. The van der Waals surface area contributed by atoms with Crippen molar-refractivity contribution in [3.63, 3.8) is 0 Å². The molecular formula is C22H25Cl2N3O2S. The van der Waals surface area contributed by atoms with Crippen molar-refractivity contribution >= 4 is 42.1 Å². The van der Waals surface area contributed by atoms with Crippen molar-refractivity contribution < 1.29 is 9.53 Å². The molecule has 2 aromatic carbocycles. The van der Waals surface area contributed by atoms with Crippen LogP contribution in [0.3, 0.4) is 0 Å². The van der Waals surface area contributed by atoms with Crippen LogP contribution >= 0.6 is 36.2 Å². The van der Waals surface area contributed by atoms with Gasteiger partial charge >= 0.3 is 0 Å². The molecule has 0 saturated heterocycles. The van der Waals surface area contributed by atoms with Gasteiger partial charge in [-0.05, 0) is 35.7 Å². The molecule has 5 nitrogen and oxygen atoms in total. The Morgan fingerprint density at radius 2 is 1.90 bits per heavy atom. The molecule has 0 fully saturated rings. The molecule has 2 heterocycles. The summed E-state index contributed by atoms with van der Waals surface area (Å²) >= 11 is 1.52. The first-order chi connectivity index (χ1) is 13.7. The zero-order chi connectivity index (χ0) is 19.3. The maximum absolute atomic E-state index is 12.2. The van der Waals surface area contributed by atoms with E-state index in [0.717, 1.165) is 35.1 Å². The minimum atomic E-state index is -0.0186. The van der Waals surface area contributed by atoms with Crippen molar-refractivity contribution in [3.05, 3.63) is 80.8 Å². The Morgan fingerprint density at radius 3 is 2.70 bits per heavy atom. The second-order valence-corrected chi connectivity index (χ2v) is 7.94. The summed E-state index contributed by atoms with van der Waals surface area (Å²) in [5.41, 5.74) is 5.78. The minimum Gasteiger partial charge on any atom is -0.486 e. The molecule has 0 atom stereocenters. The summed E-state index contributed by atoms with van der Waals surface area (Å²) in [5, 5.41) is 9.11. The van der Waals surface area contributed by atoms with Crippen LogP contribution in [0.25, 0.3) is 0 Å². The number of thiazole rings is 1. The first-order valence-electron chi connectivity index (χ1n) is 9.36. The molecule has 2 N–H and O–H groups in total. The highest BCUT2D eigenvalue weighted by Crippen LogP contribution is 2.18. The second kappa shape index (κ2) is 11.3. The third-order valence-electron chi connectivity index (χ3n) is 4.72. The number of ether oxygens (including phenoxy) is 1. The van der Waals surface area contributed by atoms with Crippen molar-refractivity contribution in [3.8, 4) is 5.75 Å². The van der Waals surface area contributed by atoms with Crippen LogP contribution in [0, 0.1) is 6.92 Å². The maximum Gasteiger partial charge on any atom is 0.226 e. The van der Waals surface area contributed by atoms with Gasteiger partial charge in [-0.1, -0.05) is 35.9 Å². The Balaban J connectivity index is 0.00000160. The van der Waals surface area contributed by atoms with Gasteiger partial charge in [0, 0.05) is 25.0 Å². The summed E-state index contributed by atoms with van der Waals surface area (Å²) in [6, 6.07) is 14.3. The molecular weight excluding hydrogens is 441 g/mol. The van der Waals surface area contributed by atoms with Crippen molar-refractivity contribution in [2.45, 2.75) is 39.6 Å². The quantitative estimate of drug-likeness (QED) is 0.544. The topological polar surface area (TPSA) is 63.2 Å². The number of nitrogens with zero attached hydrogens (tertiary/aromatic N) is 1. The van der Waals surface area contributed by atoms with E-state index in [1.165, 1.54) is 28.0 Å². The van der Waals surface area contributed by atoms with Gasteiger partial charge in [-0.15, -0.1) is 36.2 Å². The van der Waals surface area contributed by atoms with E-state index in [1.54, 1.807) is 0 Å². The minimum absolute atomic E-state index is 0. The summed E-state index contributed by atoms with van der Waals surface area (Å²) in [7, 11) is 0. The maximum atomic E-state index is 12.2. The van der Waals surface area contributed by atoms with Gasteiger partial charge < -0.3 is 15.4 Å². The number of rotatable bonds is 7. The van der Waals surface area contributed by atoms with E-state index >= 15 is 0 Å². The number of carbonyl (C=O) groups excluding carboxylic acids is 1. The number of aromatic nitrogens is 1. The zero-order valence-electron chi connectivity index (χ0n) is 16.6. The van der Waals surface area contributed by atoms with Gasteiger partial charge in [0.1, 0.15) is 17.4 Å². The normalized spacial score (nSPS) is 11.8. The Morgan fingerprint density at radius 1 is 1.13 bits per heavy atom. The van der Waals surface area contributed by atoms with Crippen LogP contribution in [0.2, 0.25) is 0 Å². The summed E-state index contributed by atoms with van der Waals surface area (Å²) in [6.07, 6.45) is 0.285. The zero-order valence-corrected chi connectivity index (χ0v) is 19.1. The summed E-state index contributed by atoms with van der Waals surface area (Å²) in [5.74, 6) is 0.805. The van der Waals surface area contributed by atoms with Crippen LogP contribution < -0.4 is 15.4 Å². The van der Waals surface area contributed by atoms with Gasteiger partial charge in [0.25, 0.3) is 0 Å². The molecule has 0 radical (unpaired) electrons. The molecule has 3 aromatic rings. The van der Waals surface area contributed by atoms with Gasteiger partial charge in [0.15, 0.2) is 0 Å². The highest BCUT2D eigenvalue weighted by Gasteiger charge is 2.11. The van der Waals surface area contributed by atoms with Crippen LogP contribution in [0.4, 0.5) is 0 Å². The number of benzene rings is 2. The molecule has 1 aliphatic rings. The molecule has 160 valence electrons. The van der Waals surface area contributed by atoms with Crippen LogP contribution in [-0.4, -0.2) is 10.9 Å². The SMILES string of the molecule is Cc1ccc(OCc2nc(CC(=O)NCc3ccc4c(c3)CNC4)cs2)cc1.Cl.Cl. The van der Waals surface area contributed by atoms with E-state index in [9.17, 15) is 4.79 Å². The average molecular weight is 466 g/mol. The molecule has 0 spiro atoms. The molecule has 0 aliphatic carbocycles. The fraction of sp³-hybridized carbons (Fsp3) is 0.273. The smallest absolute Gasteiger partial charge is 0.226 e. The Labute approximate surface area is 193 Å². The summed E-state index contributed by atoms with van der Waals surface area (Å²) in [6.45, 7) is 4.84. The van der Waals surface area contributed by atoms with Gasteiger partial charge in [0.05, 0.1) is 12.1 Å². The van der Waals surface area contributed by atoms with Gasteiger partial charge in [-0.25, -0.2) is 4.98 Å². The highest BCUT2D eigenvalue weighted by atomic mass is 35.5. The molecule has 1 amide bonds. The number of fused-ring (bicyclic) bond motifs is 1. The van der Waals surface area contributed by atoms with Gasteiger partial charge in [-0.2, -0.15) is 0 Å². The van der Waals surface area contributed by atoms with Crippen molar-refractivity contribution in [1.29, 1.82) is 0 Å². The largest absolute Gasteiger partial charge is 0.486 e. The number of halogens is 2. The number of hydrogen-bond donors (Lipinski definition) is 2. The van der Waals surface area contributed by atoms with E-state index in [2.05, 4.69) is 33.8 Å². The number of hydrogen-bond acceptors (Lipinski definition) is 5. The molecule has 30 heavy (non-hydrogen) atoms. The van der Waals surface area contributed by atoms with E-state index in [-0.39, 0.29) is 37.1 Å². The molecule has 0 unspecified atom stereocenters. The van der Waals surface area contributed by atoms with E-state index in [4.69, 9.17) is 4.74 Å². The van der Waals surface area contributed by atoms with Crippen LogP contribution in [0.15, 0.2) is 47.8 Å². The van der Waals surface area contributed by atoms with Crippen LogP contribution in [0.1, 0.15) is 33.0 Å². The first kappa shape index (κ1) is 24.2. The first-order valence-corrected chi connectivity index (χ1v) is 10.2. The second-order valence-electron chi connectivity index (χ2n) is 6.99. The van der Waals surface area contributed by atoms with Crippen molar-refractivity contribution in [2.24, 2.45) is 0 Å². The Bertz CT molecular complexity index is 977. The standard InChI is InChI=1S/C22H23N3O2S.2ClH/c1-15-2-6-20(7-3-15)27-13-22-25-19(14-28-22)9-21(26)24-10-16-4-5-17-11-23-12-18(17)8-16;;/h2-8,14,23H,9-13H2,1H3,(H,24,26);2*1H. The lowest BCUT2D eigenvalue weighted by molar-refractivity contribution is -0.120. The molecule has 4 rings (SSSR count). The lowest BCUT2D eigenvalue weighted by Gasteiger charge is -2.06. The Hall–Kier alpha value is -2.12. The van der Waals surface area contributed by atoms with Crippen LogP contribution in [0.5, 0.6) is 5.75 Å². The van der Waals surface area contributed by atoms with Gasteiger partial charge in [-0.3, -0.25) is 4.79 Å². The average Bonchev–Trinajstić information content (AvgIpc) is 3.34. The lowest BCUT2D eigenvalue weighted by Crippen LogP contribution is -2.24. The van der Waals surface area contributed by atoms with E-state index < -0.39 is 0 Å². The van der Waals surface area contributed by atoms with Crippen molar-refractivity contribution in [1.82, 2.24) is 15.6 Å². The molecule has 0 saturated carbocycles. The van der Waals surface area contributed by atoms with E-state index in [0.29, 0.717) is 13.2 Å². The fourth-order valence-corrected chi connectivity index (χ4v) is 3.87. The number of nitrogens with one attached hydrogen (secondary N) is 2. The predicted octanol–water partition coefficient (Wildman–Crippen LogP) is 4.34. The predicted molar refractivity (Wildman–Crippen MR) is 125 cm³/mol. The number of amides is 1. The fourth-order valence-electron chi connectivity index (χ4n) is 3.16. The van der Waals surface area contributed by atoms with E-state index in [1.807, 2.05) is 36.6 Å². The molecule has 1 aliphatic heterocycles. The highest BCUT2D eigenvalue weighted by molar-refractivity contribution is 7.09. The number of aryl methyl sites for hydroxylation is 1. The van der Waals surface area contributed by atoms with Crippen LogP contribution in [-0.2, 0) is 37.5 Å². The van der Waals surface area contributed by atoms with Crippen molar-refractivity contribution in [2.75, 3.05) is 0 Å². The third kappa shape index (κ3) is 6.44.